The van der Waals surface area contributed by atoms with E-state index in [1.807, 2.05) is 0 Å². The lowest BCUT2D eigenvalue weighted by atomic mass is 10.4. The molecule has 1 rings (SSSR count). The fraction of sp³-hybridized carbons (Fsp3) is 0.556. The van der Waals surface area contributed by atoms with Crippen molar-refractivity contribution < 1.29 is 9.47 Å². The van der Waals surface area contributed by atoms with Gasteiger partial charge in [-0.2, -0.15) is 0 Å². The number of hydrogen-bond acceptors (Lipinski definition) is 4. The highest BCUT2D eigenvalue weighted by Crippen LogP contribution is 1.86. The molecular weight excluding hydrogens is 184 g/mol. The van der Waals surface area contributed by atoms with E-state index in [4.69, 9.17) is 9.47 Å². The van der Waals surface area contributed by atoms with E-state index in [1.54, 1.807) is 14.0 Å². The summed E-state index contributed by atoms with van der Waals surface area (Å²) in [6.07, 6.45) is 3.00. The summed E-state index contributed by atoms with van der Waals surface area (Å²) >= 11 is 0. The van der Waals surface area contributed by atoms with Crippen molar-refractivity contribution in [3.63, 3.8) is 0 Å². The first-order valence-electron chi connectivity index (χ1n) is 4.33. The maximum Gasteiger partial charge on any atom is 0.258 e. The summed E-state index contributed by atoms with van der Waals surface area (Å²) in [5.74, 6) is 0. The largest absolute Gasteiger partial charge is 0.382 e. The molecule has 0 bridgehead atoms. The molecule has 0 aliphatic heterocycles. The van der Waals surface area contributed by atoms with Crippen LogP contribution in [0.2, 0.25) is 0 Å². The highest BCUT2D eigenvalue weighted by atomic mass is 16.5. The van der Waals surface area contributed by atoms with Crippen molar-refractivity contribution in [2.45, 2.75) is 13.7 Å². The zero-order valence-electron chi connectivity index (χ0n) is 8.40. The molecule has 14 heavy (non-hydrogen) atoms. The molecule has 78 valence electrons. The van der Waals surface area contributed by atoms with Crippen LogP contribution in [0.3, 0.4) is 0 Å². The molecule has 1 heterocycles. The number of hydrogen-bond donors (Lipinski definition) is 0. The Kier molecular flexibility index (Phi) is 4.28. The van der Waals surface area contributed by atoms with Crippen LogP contribution in [-0.2, 0) is 16.2 Å². The second-order valence-electron chi connectivity index (χ2n) is 2.88. The average Bonchev–Trinajstić information content (AvgIpc) is 2.19. The van der Waals surface area contributed by atoms with Gasteiger partial charge >= 0.3 is 0 Å². The minimum Gasteiger partial charge on any atom is -0.382 e. The van der Waals surface area contributed by atoms with Crippen molar-refractivity contribution in [2.75, 3.05) is 20.3 Å². The van der Waals surface area contributed by atoms with Crippen LogP contribution >= 0.6 is 0 Å². The molecule has 1 aromatic heterocycles. The van der Waals surface area contributed by atoms with E-state index >= 15 is 0 Å². The first kappa shape index (κ1) is 10.9. The lowest BCUT2D eigenvalue weighted by Gasteiger charge is -2.06. The van der Waals surface area contributed by atoms with E-state index in [2.05, 4.69) is 4.98 Å². The summed E-state index contributed by atoms with van der Waals surface area (Å²) in [5.41, 5.74) is 0.542. The molecule has 0 aliphatic carbocycles. The van der Waals surface area contributed by atoms with Crippen molar-refractivity contribution in [1.29, 1.82) is 0 Å². The Morgan fingerprint density at radius 3 is 3.00 bits per heavy atom. The molecule has 0 N–H and O–H groups in total. The minimum atomic E-state index is -0.0718. The van der Waals surface area contributed by atoms with Crippen LogP contribution < -0.4 is 5.56 Å². The molecule has 0 unspecified atom stereocenters. The number of aryl methyl sites for hydroxylation is 1. The molecule has 0 saturated heterocycles. The Labute approximate surface area is 82.3 Å². The van der Waals surface area contributed by atoms with Crippen LogP contribution in [0.15, 0.2) is 17.3 Å². The SMILES string of the molecule is COCCOCn1cncc(C)c1=O. The molecule has 0 atom stereocenters. The number of aromatic nitrogens is 2. The Morgan fingerprint density at radius 1 is 1.50 bits per heavy atom. The summed E-state index contributed by atoms with van der Waals surface area (Å²) in [7, 11) is 1.60. The van der Waals surface area contributed by atoms with Crippen LogP contribution in [0.25, 0.3) is 0 Å². The monoisotopic (exact) mass is 198 g/mol. The summed E-state index contributed by atoms with van der Waals surface area (Å²) < 4.78 is 11.4. The van der Waals surface area contributed by atoms with Gasteiger partial charge in [0.25, 0.3) is 5.56 Å². The standard InChI is InChI=1S/C9H14N2O3/c1-8-5-10-6-11(9(8)12)7-14-4-3-13-2/h5-6H,3-4,7H2,1-2H3. The predicted octanol–water partition coefficient (Wildman–Crippen LogP) is 0.172. The number of ether oxygens (including phenoxy) is 2. The van der Waals surface area contributed by atoms with Gasteiger partial charge in [-0.05, 0) is 6.92 Å². The number of methoxy groups -OCH3 is 1. The van der Waals surface area contributed by atoms with E-state index < -0.39 is 0 Å². The first-order chi connectivity index (χ1) is 6.75. The van der Waals surface area contributed by atoms with Gasteiger partial charge in [0, 0.05) is 18.9 Å². The molecule has 5 nitrogen and oxygen atoms in total. The second-order valence-corrected chi connectivity index (χ2v) is 2.88. The van der Waals surface area contributed by atoms with Gasteiger partial charge in [-0.3, -0.25) is 9.36 Å². The van der Waals surface area contributed by atoms with Crippen molar-refractivity contribution in [2.24, 2.45) is 0 Å². The molecule has 0 radical (unpaired) electrons. The topological polar surface area (TPSA) is 53.4 Å². The van der Waals surface area contributed by atoms with Crippen LogP contribution in [-0.4, -0.2) is 29.9 Å². The predicted molar refractivity (Wildman–Crippen MR) is 51.1 cm³/mol. The third-order valence-corrected chi connectivity index (χ3v) is 1.73. The smallest absolute Gasteiger partial charge is 0.258 e. The Morgan fingerprint density at radius 2 is 2.29 bits per heavy atom. The summed E-state index contributed by atoms with van der Waals surface area (Å²) in [4.78, 5) is 15.3. The molecular formula is C9H14N2O3. The van der Waals surface area contributed by atoms with Gasteiger partial charge in [-0.1, -0.05) is 0 Å². The molecule has 1 aromatic rings. The third kappa shape index (κ3) is 2.93. The summed E-state index contributed by atoms with van der Waals surface area (Å²) in [6.45, 7) is 2.93. The van der Waals surface area contributed by atoms with Gasteiger partial charge in [0.05, 0.1) is 19.5 Å². The van der Waals surface area contributed by atoms with Crippen molar-refractivity contribution >= 4 is 0 Å². The fourth-order valence-corrected chi connectivity index (χ4v) is 0.957. The van der Waals surface area contributed by atoms with Gasteiger partial charge in [-0.15, -0.1) is 0 Å². The van der Waals surface area contributed by atoms with Gasteiger partial charge in [0.15, 0.2) is 0 Å². The Balaban J connectivity index is 2.51. The van der Waals surface area contributed by atoms with Gasteiger partial charge in [-0.25, -0.2) is 4.98 Å². The minimum absolute atomic E-state index is 0.0718. The molecule has 0 fully saturated rings. The van der Waals surface area contributed by atoms with Gasteiger partial charge < -0.3 is 9.47 Å². The van der Waals surface area contributed by atoms with Crippen LogP contribution in [0, 0.1) is 6.92 Å². The number of nitrogens with zero attached hydrogens (tertiary/aromatic N) is 2. The Hall–Kier alpha value is -1.20. The third-order valence-electron chi connectivity index (χ3n) is 1.73. The van der Waals surface area contributed by atoms with E-state index in [9.17, 15) is 4.79 Å². The van der Waals surface area contributed by atoms with E-state index in [0.717, 1.165) is 0 Å². The molecule has 5 heteroatoms. The molecule has 0 amide bonds. The zero-order valence-corrected chi connectivity index (χ0v) is 8.40. The lowest BCUT2D eigenvalue weighted by Crippen LogP contribution is -2.23. The van der Waals surface area contributed by atoms with E-state index in [1.165, 1.54) is 17.1 Å². The average molecular weight is 198 g/mol. The van der Waals surface area contributed by atoms with Crippen molar-refractivity contribution in [3.05, 3.63) is 28.4 Å². The molecule has 0 aliphatic rings. The van der Waals surface area contributed by atoms with E-state index in [-0.39, 0.29) is 12.3 Å². The first-order valence-corrected chi connectivity index (χ1v) is 4.33. The number of rotatable bonds is 5. The lowest BCUT2D eigenvalue weighted by molar-refractivity contribution is 0.0321. The van der Waals surface area contributed by atoms with Crippen molar-refractivity contribution in [1.82, 2.24) is 9.55 Å². The quantitative estimate of drug-likeness (QED) is 0.633. The van der Waals surface area contributed by atoms with E-state index in [0.29, 0.717) is 18.8 Å². The fourth-order valence-electron chi connectivity index (χ4n) is 0.957. The van der Waals surface area contributed by atoms with Crippen LogP contribution in [0.1, 0.15) is 5.56 Å². The molecule has 0 spiro atoms. The summed E-state index contributed by atoms with van der Waals surface area (Å²) in [6, 6.07) is 0. The summed E-state index contributed by atoms with van der Waals surface area (Å²) in [5, 5.41) is 0. The maximum absolute atomic E-state index is 11.4. The second kappa shape index (κ2) is 5.51. The molecule has 0 aromatic carbocycles. The normalized spacial score (nSPS) is 10.4. The van der Waals surface area contributed by atoms with Crippen molar-refractivity contribution in [3.8, 4) is 0 Å². The van der Waals surface area contributed by atoms with Crippen LogP contribution in [0.4, 0.5) is 0 Å². The van der Waals surface area contributed by atoms with Crippen LogP contribution in [0.5, 0.6) is 0 Å². The zero-order chi connectivity index (χ0) is 10.4. The maximum atomic E-state index is 11.4. The van der Waals surface area contributed by atoms with Gasteiger partial charge in [0.2, 0.25) is 0 Å². The molecule has 0 saturated carbocycles. The highest BCUT2D eigenvalue weighted by Gasteiger charge is 1.98. The van der Waals surface area contributed by atoms with Gasteiger partial charge in [0.1, 0.15) is 6.73 Å². The highest BCUT2D eigenvalue weighted by molar-refractivity contribution is 5.00. The Bertz CT molecular complexity index is 335.